The van der Waals surface area contributed by atoms with Crippen molar-refractivity contribution in [2.75, 3.05) is 6.61 Å². The molecule has 0 aromatic heterocycles. The summed E-state index contributed by atoms with van der Waals surface area (Å²) in [6.07, 6.45) is 5.33. The molecule has 3 rings (SSSR count). The predicted molar refractivity (Wildman–Crippen MR) is 118 cm³/mol. The molecular weight excluding hydrogens is 412 g/mol. The van der Waals surface area contributed by atoms with Crippen LogP contribution in [0, 0.1) is 5.92 Å². The maximum absolute atomic E-state index is 13.4. The fourth-order valence-corrected chi connectivity index (χ4v) is 5.08. The van der Waals surface area contributed by atoms with E-state index in [1.54, 1.807) is 43.0 Å². The number of phenolic OH excluding ortho intramolecular Hbond substituents is 1. The highest BCUT2D eigenvalue weighted by atomic mass is 16.5. The number of phenols is 1. The van der Waals surface area contributed by atoms with Crippen molar-refractivity contribution in [3.05, 3.63) is 29.8 Å². The molecule has 2 aliphatic rings. The molecular formula is C24H34N2O6. The van der Waals surface area contributed by atoms with Gasteiger partial charge >= 0.3 is 11.9 Å². The van der Waals surface area contributed by atoms with Crippen LogP contribution in [-0.2, 0) is 25.5 Å². The van der Waals surface area contributed by atoms with E-state index in [9.17, 15) is 24.6 Å². The minimum absolute atomic E-state index is 0.0420. The summed E-state index contributed by atoms with van der Waals surface area (Å²) in [5, 5.41) is 22.3. The number of ether oxygens (including phenoxy) is 1. The van der Waals surface area contributed by atoms with Gasteiger partial charge in [-0.05, 0) is 69.6 Å². The van der Waals surface area contributed by atoms with Crippen molar-refractivity contribution < 1.29 is 29.3 Å². The monoisotopic (exact) mass is 446 g/mol. The average Bonchev–Trinajstić information content (AvgIpc) is 3.17. The molecule has 0 unspecified atom stereocenters. The second-order valence-corrected chi connectivity index (χ2v) is 8.85. The van der Waals surface area contributed by atoms with Crippen LogP contribution in [0.2, 0.25) is 0 Å². The molecule has 1 saturated carbocycles. The second-order valence-electron chi connectivity index (χ2n) is 8.85. The van der Waals surface area contributed by atoms with Gasteiger partial charge in [0.2, 0.25) is 5.91 Å². The summed E-state index contributed by atoms with van der Waals surface area (Å²) < 4.78 is 5.20. The zero-order valence-corrected chi connectivity index (χ0v) is 18.8. The van der Waals surface area contributed by atoms with E-state index >= 15 is 0 Å². The molecule has 32 heavy (non-hydrogen) atoms. The number of benzene rings is 1. The normalized spacial score (nSPS) is 24.4. The molecule has 1 aromatic carbocycles. The lowest BCUT2D eigenvalue weighted by atomic mass is 9.84. The van der Waals surface area contributed by atoms with E-state index in [2.05, 4.69) is 5.32 Å². The van der Waals surface area contributed by atoms with Crippen molar-refractivity contribution in [3.63, 3.8) is 0 Å². The molecule has 0 spiro atoms. The number of aryl methyl sites for hydroxylation is 1. The van der Waals surface area contributed by atoms with Crippen LogP contribution in [0.3, 0.4) is 0 Å². The first kappa shape index (κ1) is 24.0. The molecule has 1 saturated heterocycles. The highest BCUT2D eigenvalue weighted by Crippen LogP contribution is 2.40. The largest absolute Gasteiger partial charge is 0.508 e. The van der Waals surface area contributed by atoms with Gasteiger partial charge in [-0.2, -0.15) is 0 Å². The van der Waals surface area contributed by atoms with Crippen LogP contribution in [0.15, 0.2) is 24.3 Å². The van der Waals surface area contributed by atoms with E-state index in [-0.39, 0.29) is 30.2 Å². The number of nitrogens with one attached hydrogen (secondary N) is 1. The van der Waals surface area contributed by atoms with Gasteiger partial charge in [-0.15, -0.1) is 0 Å². The Balaban J connectivity index is 1.69. The lowest BCUT2D eigenvalue weighted by molar-refractivity contribution is -0.152. The van der Waals surface area contributed by atoms with Crippen LogP contribution < -0.4 is 5.32 Å². The van der Waals surface area contributed by atoms with E-state index < -0.39 is 30.1 Å². The number of rotatable bonds is 9. The molecule has 0 bridgehead atoms. The minimum Gasteiger partial charge on any atom is -0.508 e. The number of nitrogens with zero attached hydrogens (tertiary/aromatic N) is 1. The maximum atomic E-state index is 13.4. The number of hydrogen-bond donors (Lipinski definition) is 3. The third-order valence-electron chi connectivity index (χ3n) is 6.68. The molecule has 176 valence electrons. The number of carboxylic acid groups (broad SMARTS) is 1. The second kappa shape index (κ2) is 10.8. The van der Waals surface area contributed by atoms with Crippen LogP contribution in [0.4, 0.5) is 0 Å². The number of fused-ring (bicyclic) bond motifs is 1. The van der Waals surface area contributed by atoms with Crippen molar-refractivity contribution in [1.82, 2.24) is 10.2 Å². The zero-order chi connectivity index (χ0) is 23.3. The lowest BCUT2D eigenvalue weighted by Crippen LogP contribution is -2.55. The molecule has 8 heteroatoms. The molecule has 1 amide bonds. The Morgan fingerprint density at radius 2 is 1.88 bits per heavy atom. The number of carbonyl (C=O) groups excluding carboxylic acids is 2. The van der Waals surface area contributed by atoms with E-state index in [1.165, 1.54) is 0 Å². The Kier molecular flexibility index (Phi) is 8.12. The van der Waals surface area contributed by atoms with Crippen LogP contribution in [-0.4, -0.2) is 63.7 Å². The SMILES string of the molecule is CCOC(=O)[C@H](CCc1ccc(O)cc1)N[C@@H](C)C(=O)N1[C@H](C(=O)O)C[C@H]2CCCC[C@@H]21. The standard InChI is InChI=1S/C24H34N2O6/c1-3-32-24(31)19(13-10-16-8-11-18(27)12-9-16)25-15(2)22(28)26-20-7-5-4-6-17(20)14-21(26)23(29)30/h8-9,11-12,15,17,19-21,25,27H,3-7,10,13-14H2,1-2H3,(H,29,30)/t15-,17+,19-,20-,21-/m0/s1. The molecule has 5 atom stereocenters. The predicted octanol–water partition coefficient (Wildman–Crippen LogP) is 2.48. The number of carbonyl (C=O) groups is 3. The number of hydrogen-bond acceptors (Lipinski definition) is 6. The van der Waals surface area contributed by atoms with Crippen LogP contribution in [0.25, 0.3) is 0 Å². The number of aromatic hydroxyl groups is 1. The van der Waals surface area contributed by atoms with Gasteiger partial charge in [0.05, 0.1) is 12.6 Å². The van der Waals surface area contributed by atoms with E-state index in [1.807, 2.05) is 0 Å². The Hall–Kier alpha value is -2.61. The highest BCUT2D eigenvalue weighted by molar-refractivity contribution is 5.88. The van der Waals surface area contributed by atoms with Gasteiger partial charge in [-0.1, -0.05) is 25.0 Å². The number of likely N-dealkylation sites (tertiary alicyclic amines) is 1. The summed E-state index contributed by atoms with van der Waals surface area (Å²) in [6, 6.07) is 4.50. The van der Waals surface area contributed by atoms with E-state index in [4.69, 9.17) is 4.74 Å². The molecule has 1 heterocycles. The molecule has 1 aromatic rings. The lowest BCUT2D eigenvalue weighted by Gasteiger charge is -2.35. The smallest absolute Gasteiger partial charge is 0.326 e. The Morgan fingerprint density at radius 1 is 1.19 bits per heavy atom. The van der Waals surface area contributed by atoms with E-state index in [0.717, 1.165) is 31.2 Å². The van der Waals surface area contributed by atoms with Crippen LogP contribution in [0.5, 0.6) is 5.75 Å². The summed E-state index contributed by atoms with van der Waals surface area (Å²) in [7, 11) is 0. The van der Waals surface area contributed by atoms with Crippen LogP contribution in [0.1, 0.15) is 57.9 Å². The first-order chi connectivity index (χ1) is 15.3. The molecule has 0 radical (unpaired) electrons. The van der Waals surface area contributed by atoms with Crippen molar-refractivity contribution in [2.45, 2.75) is 83.0 Å². The van der Waals surface area contributed by atoms with Crippen LogP contribution >= 0.6 is 0 Å². The number of aliphatic carboxylic acids is 1. The number of amides is 1. The van der Waals surface area contributed by atoms with Gasteiger partial charge in [0, 0.05) is 6.04 Å². The first-order valence-corrected chi connectivity index (χ1v) is 11.6. The number of esters is 1. The molecule has 8 nitrogen and oxygen atoms in total. The quantitative estimate of drug-likeness (QED) is 0.499. The minimum atomic E-state index is -0.964. The fraction of sp³-hybridized carbons (Fsp3) is 0.625. The van der Waals surface area contributed by atoms with Gasteiger partial charge in [0.25, 0.3) is 0 Å². The highest BCUT2D eigenvalue weighted by Gasteiger charge is 2.48. The Bertz CT molecular complexity index is 811. The van der Waals surface area contributed by atoms with Crippen molar-refractivity contribution in [1.29, 1.82) is 0 Å². The van der Waals surface area contributed by atoms with Gasteiger partial charge in [-0.25, -0.2) is 4.79 Å². The average molecular weight is 447 g/mol. The summed E-state index contributed by atoms with van der Waals surface area (Å²) >= 11 is 0. The third kappa shape index (κ3) is 5.59. The van der Waals surface area contributed by atoms with Gasteiger partial charge in [0.15, 0.2) is 0 Å². The summed E-state index contributed by atoms with van der Waals surface area (Å²) in [5.41, 5.74) is 0.952. The third-order valence-corrected chi connectivity index (χ3v) is 6.68. The van der Waals surface area contributed by atoms with Crippen molar-refractivity contribution >= 4 is 17.8 Å². The Morgan fingerprint density at radius 3 is 2.53 bits per heavy atom. The van der Waals surface area contributed by atoms with Gasteiger partial charge < -0.3 is 19.8 Å². The molecule has 1 aliphatic heterocycles. The van der Waals surface area contributed by atoms with E-state index in [0.29, 0.717) is 19.3 Å². The molecule has 1 aliphatic carbocycles. The summed E-state index contributed by atoms with van der Waals surface area (Å²) in [4.78, 5) is 39.4. The van der Waals surface area contributed by atoms with Crippen molar-refractivity contribution in [3.8, 4) is 5.75 Å². The topological polar surface area (TPSA) is 116 Å². The van der Waals surface area contributed by atoms with Gasteiger partial charge in [0.1, 0.15) is 17.8 Å². The van der Waals surface area contributed by atoms with Crippen molar-refractivity contribution in [2.24, 2.45) is 5.92 Å². The fourth-order valence-electron chi connectivity index (χ4n) is 5.08. The molecule has 2 fully saturated rings. The first-order valence-electron chi connectivity index (χ1n) is 11.6. The zero-order valence-electron chi connectivity index (χ0n) is 18.8. The summed E-state index contributed by atoms with van der Waals surface area (Å²) in [5.74, 6) is -1.26. The Labute approximate surface area is 188 Å². The number of carboxylic acids is 1. The summed E-state index contributed by atoms with van der Waals surface area (Å²) in [6.45, 7) is 3.65. The molecule has 3 N–H and O–H groups in total. The van der Waals surface area contributed by atoms with Gasteiger partial charge in [-0.3, -0.25) is 14.9 Å². The maximum Gasteiger partial charge on any atom is 0.326 e.